The molecule has 8 nitrogen and oxygen atoms in total. The van der Waals surface area contributed by atoms with Crippen LogP contribution in [0.25, 0.3) is 17.2 Å². The molecule has 1 aliphatic rings. The smallest absolute Gasteiger partial charge is 0.251 e. The average Bonchev–Trinajstić information content (AvgIpc) is 3.54. The van der Waals surface area contributed by atoms with Crippen LogP contribution in [0.5, 0.6) is 5.75 Å². The number of fused-ring (bicyclic) bond motifs is 1. The molecule has 1 aromatic heterocycles. The van der Waals surface area contributed by atoms with Gasteiger partial charge in [-0.25, -0.2) is 4.98 Å². The second kappa shape index (κ2) is 18.8. The van der Waals surface area contributed by atoms with Crippen LogP contribution < -0.4 is 15.0 Å². The first kappa shape index (κ1) is 37.2. The summed E-state index contributed by atoms with van der Waals surface area (Å²) in [6.07, 6.45) is 10.5. The number of carbonyl (C=O) groups excluding carboxylic acids is 1. The van der Waals surface area contributed by atoms with Crippen LogP contribution >= 0.6 is 0 Å². The Bertz CT molecular complexity index is 1680. The fourth-order valence-corrected chi connectivity index (χ4v) is 7.21. The summed E-state index contributed by atoms with van der Waals surface area (Å²) in [6.45, 7) is 13.3. The minimum absolute atomic E-state index is 0.116. The summed E-state index contributed by atoms with van der Waals surface area (Å²) < 4.78 is 26.7. The number of hydrogen-bond acceptors (Lipinski definition) is 6. The standard InChI is InChI=1S/C41H52N4O4S/c1-5-7-24-48-25-26-49-37-15-10-32(11-16-37)33-12-19-39-35(27-33)28-34(9-8-22-45(39)29-31(3)4)41(46)43-36-13-17-38(18-14-36)50(47)30-40-42-20-23-44(40)21-6-2/h10-20,23,27-28,31H,5-9,21-22,24-26,29-30H2,1-4H3,(H,43,46)/b34-28+. The Kier molecular flexibility index (Phi) is 14.0. The van der Waals surface area contributed by atoms with Crippen molar-refractivity contribution >= 4 is 34.5 Å². The van der Waals surface area contributed by atoms with Crippen molar-refractivity contribution in [2.75, 3.05) is 43.1 Å². The van der Waals surface area contributed by atoms with Crippen molar-refractivity contribution in [3.05, 3.63) is 96.1 Å². The Morgan fingerprint density at radius 1 is 0.980 bits per heavy atom. The predicted molar refractivity (Wildman–Crippen MR) is 205 cm³/mol. The summed E-state index contributed by atoms with van der Waals surface area (Å²) >= 11 is -1.24. The highest BCUT2D eigenvalue weighted by Gasteiger charge is 2.20. The van der Waals surface area contributed by atoms with Crippen LogP contribution in [0.4, 0.5) is 11.4 Å². The van der Waals surface area contributed by atoms with Gasteiger partial charge in [-0.2, -0.15) is 0 Å². The number of aryl methyl sites for hydroxylation is 1. The number of nitrogens with zero attached hydrogens (tertiary/aromatic N) is 3. The van der Waals surface area contributed by atoms with E-state index in [-0.39, 0.29) is 5.91 Å². The highest BCUT2D eigenvalue weighted by molar-refractivity contribution is 7.90. The number of rotatable bonds is 17. The maximum Gasteiger partial charge on any atom is 0.251 e. The van der Waals surface area contributed by atoms with Crippen molar-refractivity contribution in [1.82, 2.24) is 9.55 Å². The van der Waals surface area contributed by atoms with Crippen molar-refractivity contribution < 1.29 is 18.8 Å². The number of imidazole rings is 1. The van der Waals surface area contributed by atoms with Gasteiger partial charge in [-0.3, -0.25) is 4.79 Å². The summed E-state index contributed by atoms with van der Waals surface area (Å²) in [5.41, 5.74) is 5.76. The van der Waals surface area contributed by atoms with Gasteiger partial charge >= 0.3 is 0 Å². The summed E-state index contributed by atoms with van der Waals surface area (Å²) in [5, 5.41) is 3.10. The van der Waals surface area contributed by atoms with Gasteiger partial charge in [0.25, 0.3) is 5.91 Å². The third kappa shape index (κ3) is 10.5. The number of hydrogen-bond donors (Lipinski definition) is 1. The monoisotopic (exact) mass is 696 g/mol. The van der Waals surface area contributed by atoms with E-state index in [0.29, 0.717) is 41.9 Å². The Hall–Kier alpha value is -4.05. The molecule has 3 aromatic carbocycles. The van der Waals surface area contributed by atoms with Crippen LogP contribution in [0, 0.1) is 5.92 Å². The molecule has 50 heavy (non-hydrogen) atoms. The van der Waals surface area contributed by atoms with E-state index in [2.05, 4.69) is 83.9 Å². The number of unbranched alkanes of at least 4 members (excludes halogenated alkanes) is 1. The van der Waals surface area contributed by atoms with Crippen molar-refractivity contribution in [3.63, 3.8) is 0 Å². The van der Waals surface area contributed by atoms with Crippen molar-refractivity contribution in [1.29, 1.82) is 0 Å². The number of aromatic nitrogens is 2. The Balaban J connectivity index is 1.30. The number of amides is 1. The molecule has 1 aliphatic heterocycles. The molecule has 1 N–H and O–H groups in total. The average molecular weight is 697 g/mol. The normalized spacial score (nSPS) is 14.8. The van der Waals surface area contributed by atoms with Crippen molar-refractivity contribution in [2.24, 2.45) is 5.92 Å². The van der Waals surface area contributed by atoms with Gasteiger partial charge in [-0.15, -0.1) is 0 Å². The lowest BCUT2D eigenvalue weighted by molar-refractivity contribution is -0.112. The molecular weight excluding hydrogens is 645 g/mol. The van der Waals surface area contributed by atoms with E-state index in [0.717, 1.165) is 91.4 Å². The van der Waals surface area contributed by atoms with E-state index in [1.54, 1.807) is 6.20 Å². The second-order valence-electron chi connectivity index (χ2n) is 13.2. The van der Waals surface area contributed by atoms with E-state index in [4.69, 9.17) is 9.47 Å². The molecule has 0 radical (unpaired) electrons. The van der Waals surface area contributed by atoms with Gasteiger partial charge in [0.2, 0.25) is 0 Å². The molecule has 1 amide bonds. The zero-order chi connectivity index (χ0) is 35.3. The molecule has 1 unspecified atom stereocenters. The van der Waals surface area contributed by atoms with Crippen molar-refractivity contribution in [2.45, 2.75) is 77.0 Å². The molecule has 0 fully saturated rings. The summed E-state index contributed by atoms with van der Waals surface area (Å²) in [7, 11) is 0. The Labute approximate surface area is 301 Å². The third-order valence-electron chi connectivity index (χ3n) is 8.68. The first-order valence-corrected chi connectivity index (χ1v) is 19.4. The molecular formula is C41H52N4O4S. The zero-order valence-corrected chi connectivity index (χ0v) is 30.8. The van der Waals surface area contributed by atoms with E-state index in [9.17, 15) is 9.35 Å². The molecule has 2 heterocycles. The molecule has 1 atom stereocenters. The maximum absolute atomic E-state index is 13.7. The lowest BCUT2D eigenvalue weighted by atomic mass is 9.96. The molecule has 0 saturated carbocycles. The van der Waals surface area contributed by atoms with Crippen LogP contribution in [0.2, 0.25) is 0 Å². The lowest BCUT2D eigenvalue weighted by Crippen LogP contribution is -2.30. The van der Waals surface area contributed by atoms with Crippen molar-refractivity contribution in [3.8, 4) is 16.9 Å². The summed E-state index contributed by atoms with van der Waals surface area (Å²) in [6, 6.07) is 22.0. The summed E-state index contributed by atoms with van der Waals surface area (Å²) in [5.74, 6) is 2.38. The SMILES string of the molecule is CCCCOCCOc1ccc(-c2ccc3c(c2)/C=C(/C(=O)Nc2ccc([S+]([O-])Cc4nccn4CCC)cc2)CCCN3CC(C)C)cc1. The van der Waals surface area contributed by atoms with Gasteiger partial charge in [0, 0.05) is 55.6 Å². The quantitative estimate of drug-likeness (QED) is 0.0877. The van der Waals surface area contributed by atoms with Gasteiger partial charge in [-0.05, 0) is 114 Å². The van der Waals surface area contributed by atoms with Gasteiger partial charge < -0.3 is 28.8 Å². The van der Waals surface area contributed by atoms with E-state index in [1.807, 2.05) is 42.6 Å². The van der Waals surface area contributed by atoms with Crippen LogP contribution in [-0.2, 0) is 33.0 Å². The first-order valence-electron chi connectivity index (χ1n) is 18.0. The molecule has 9 heteroatoms. The summed E-state index contributed by atoms with van der Waals surface area (Å²) in [4.78, 5) is 21.3. The van der Waals surface area contributed by atoms with Crippen LogP contribution in [0.3, 0.4) is 0 Å². The highest BCUT2D eigenvalue weighted by Crippen LogP contribution is 2.33. The maximum atomic E-state index is 13.7. The lowest BCUT2D eigenvalue weighted by Gasteiger charge is -2.30. The van der Waals surface area contributed by atoms with Gasteiger partial charge in [0.05, 0.1) is 6.61 Å². The third-order valence-corrected chi connectivity index (χ3v) is 10.00. The van der Waals surface area contributed by atoms with E-state index in [1.165, 1.54) is 0 Å². The topological polar surface area (TPSA) is 91.7 Å². The largest absolute Gasteiger partial charge is 0.611 e. The van der Waals surface area contributed by atoms with Gasteiger partial charge in [0.15, 0.2) is 16.5 Å². The fourth-order valence-electron chi connectivity index (χ4n) is 6.13. The molecule has 0 saturated heterocycles. The Morgan fingerprint density at radius 3 is 2.50 bits per heavy atom. The highest BCUT2D eigenvalue weighted by atomic mass is 32.2. The number of ether oxygens (including phenoxy) is 2. The first-order chi connectivity index (χ1) is 24.3. The van der Waals surface area contributed by atoms with E-state index >= 15 is 0 Å². The van der Waals surface area contributed by atoms with Crippen LogP contribution in [0.15, 0.2) is 89.6 Å². The minimum atomic E-state index is -1.24. The minimum Gasteiger partial charge on any atom is -0.611 e. The molecule has 5 rings (SSSR count). The number of nitrogens with one attached hydrogen (secondary N) is 1. The molecule has 0 aliphatic carbocycles. The predicted octanol–water partition coefficient (Wildman–Crippen LogP) is 8.74. The van der Waals surface area contributed by atoms with Crippen LogP contribution in [-0.4, -0.2) is 52.9 Å². The zero-order valence-electron chi connectivity index (χ0n) is 30.0. The Morgan fingerprint density at radius 2 is 1.76 bits per heavy atom. The molecule has 4 aromatic rings. The van der Waals surface area contributed by atoms with Gasteiger partial charge in [-0.1, -0.05) is 52.3 Å². The second-order valence-corrected chi connectivity index (χ2v) is 14.7. The molecule has 0 spiro atoms. The van der Waals surface area contributed by atoms with Crippen LogP contribution in [0.1, 0.15) is 71.2 Å². The molecule has 266 valence electrons. The fraction of sp³-hybridized carbons (Fsp3) is 0.415. The molecule has 0 bridgehead atoms. The number of anilines is 2. The van der Waals surface area contributed by atoms with Gasteiger partial charge in [0.1, 0.15) is 12.4 Å². The number of carbonyl (C=O) groups is 1. The van der Waals surface area contributed by atoms with E-state index < -0.39 is 11.2 Å². The number of benzene rings is 3.